The van der Waals surface area contributed by atoms with Crippen LogP contribution in [-0.4, -0.2) is 18.3 Å². The van der Waals surface area contributed by atoms with E-state index >= 15 is 0 Å². The van der Waals surface area contributed by atoms with Crippen molar-refractivity contribution in [2.24, 2.45) is 5.92 Å². The topological polar surface area (TPSA) is 42.6 Å². The van der Waals surface area contributed by atoms with Gasteiger partial charge in [0, 0.05) is 18.6 Å². The highest BCUT2D eigenvalue weighted by atomic mass is 35.5. The summed E-state index contributed by atoms with van der Waals surface area (Å²) in [6.45, 7) is 1.53. The standard InChI is InChI=1S/C14H15ClO3/c15-11-3-1-2-10-7-13(18-14(10)11)12(16)6-9-4-5-17-8-9/h1-3,7,9,12,16H,4-6,8H2. The maximum atomic E-state index is 10.2. The van der Waals surface area contributed by atoms with E-state index in [1.54, 1.807) is 6.07 Å². The van der Waals surface area contributed by atoms with Crippen molar-refractivity contribution in [2.75, 3.05) is 13.2 Å². The Balaban J connectivity index is 1.82. The fourth-order valence-corrected chi connectivity index (χ4v) is 2.63. The second-order valence-electron chi connectivity index (χ2n) is 4.79. The fraction of sp³-hybridized carbons (Fsp3) is 0.429. The number of ether oxygens (including phenoxy) is 1. The van der Waals surface area contributed by atoms with Gasteiger partial charge in [0.25, 0.3) is 0 Å². The monoisotopic (exact) mass is 266 g/mol. The molecule has 0 amide bonds. The Bertz CT molecular complexity index is 543. The third-order valence-electron chi connectivity index (χ3n) is 3.42. The zero-order valence-electron chi connectivity index (χ0n) is 9.93. The molecule has 0 aliphatic carbocycles. The molecule has 1 aromatic carbocycles. The number of para-hydroxylation sites is 1. The van der Waals surface area contributed by atoms with E-state index in [1.165, 1.54) is 0 Å². The highest BCUT2D eigenvalue weighted by Gasteiger charge is 2.22. The minimum absolute atomic E-state index is 0.420. The van der Waals surface area contributed by atoms with Gasteiger partial charge >= 0.3 is 0 Å². The number of furan rings is 1. The smallest absolute Gasteiger partial charge is 0.152 e. The highest BCUT2D eigenvalue weighted by molar-refractivity contribution is 6.34. The SMILES string of the molecule is OC(CC1CCOC1)c1cc2cccc(Cl)c2o1. The van der Waals surface area contributed by atoms with Gasteiger partial charge in [-0.15, -0.1) is 0 Å². The number of rotatable bonds is 3. The summed E-state index contributed by atoms with van der Waals surface area (Å²) >= 11 is 6.05. The van der Waals surface area contributed by atoms with Gasteiger partial charge in [0.15, 0.2) is 5.58 Å². The van der Waals surface area contributed by atoms with Crippen LogP contribution < -0.4 is 0 Å². The summed E-state index contributed by atoms with van der Waals surface area (Å²) in [5, 5.41) is 11.7. The van der Waals surface area contributed by atoms with Crippen molar-refractivity contribution in [1.29, 1.82) is 0 Å². The van der Waals surface area contributed by atoms with E-state index in [1.807, 2.05) is 18.2 Å². The van der Waals surface area contributed by atoms with Gasteiger partial charge in [-0.2, -0.15) is 0 Å². The number of hydrogen-bond acceptors (Lipinski definition) is 3. The molecule has 0 radical (unpaired) electrons. The van der Waals surface area contributed by atoms with Crippen LogP contribution >= 0.6 is 11.6 Å². The Morgan fingerprint density at radius 1 is 1.44 bits per heavy atom. The summed E-state index contributed by atoms with van der Waals surface area (Å²) < 4.78 is 11.0. The first-order valence-electron chi connectivity index (χ1n) is 6.18. The normalized spacial score (nSPS) is 21.6. The average Bonchev–Trinajstić information content (AvgIpc) is 2.97. The summed E-state index contributed by atoms with van der Waals surface area (Å²) in [4.78, 5) is 0. The molecule has 1 saturated heterocycles. The molecule has 18 heavy (non-hydrogen) atoms. The predicted octanol–water partition coefficient (Wildman–Crippen LogP) is 3.55. The fourth-order valence-electron chi connectivity index (χ4n) is 2.41. The molecule has 96 valence electrons. The van der Waals surface area contributed by atoms with Crippen molar-refractivity contribution in [3.63, 3.8) is 0 Å². The van der Waals surface area contributed by atoms with Gasteiger partial charge in [0.2, 0.25) is 0 Å². The van der Waals surface area contributed by atoms with E-state index in [2.05, 4.69) is 0 Å². The Morgan fingerprint density at radius 3 is 3.06 bits per heavy atom. The number of aliphatic hydroxyl groups is 1. The Hall–Kier alpha value is -1.03. The molecule has 1 aromatic heterocycles. The van der Waals surface area contributed by atoms with E-state index in [9.17, 15) is 5.11 Å². The number of halogens is 1. The second-order valence-corrected chi connectivity index (χ2v) is 5.20. The van der Waals surface area contributed by atoms with Crippen molar-refractivity contribution in [3.05, 3.63) is 35.0 Å². The maximum Gasteiger partial charge on any atom is 0.152 e. The Labute approximate surface area is 110 Å². The molecule has 2 atom stereocenters. The van der Waals surface area contributed by atoms with Crippen LogP contribution in [0, 0.1) is 5.92 Å². The maximum absolute atomic E-state index is 10.2. The van der Waals surface area contributed by atoms with Gasteiger partial charge in [-0.05, 0) is 30.9 Å². The molecule has 1 aliphatic heterocycles. The predicted molar refractivity (Wildman–Crippen MR) is 69.7 cm³/mol. The molecular formula is C14H15ClO3. The van der Waals surface area contributed by atoms with Gasteiger partial charge in [-0.3, -0.25) is 0 Å². The van der Waals surface area contributed by atoms with E-state index in [4.69, 9.17) is 20.8 Å². The van der Waals surface area contributed by atoms with Crippen LogP contribution in [0.2, 0.25) is 5.02 Å². The summed E-state index contributed by atoms with van der Waals surface area (Å²) in [6.07, 6.45) is 1.11. The zero-order chi connectivity index (χ0) is 12.5. The molecule has 1 aliphatic rings. The lowest BCUT2D eigenvalue weighted by atomic mass is 9.99. The molecule has 1 fully saturated rings. The first-order chi connectivity index (χ1) is 8.74. The first kappa shape index (κ1) is 12.0. The molecule has 0 saturated carbocycles. The molecule has 1 N–H and O–H groups in total. The van der Waals surface area contributed by atoms with Gasteiger partial charge in [-0.1, -0.05) is 23.7 Å². The number of fused-ring (bicyclic) bond motifs is 1. The van der Waals surface area contributed by atoms with Crippen LogP contribution in [0.3, 0.4) is 0 Å². The van der Waals surface area contributed by atoms with Crippen LogP contribution in [0.1, 0.15) is 24.7 Å². The molecule has 2 heterocycles. The lowest BCUT2D eigenvalue weighted by Crippen LogP contribution is -2.06. The van der Waals surface area contributed by atoms with Gasteiger partial charge in [0.1, 0.15) is 11.9 Å². The first-order valence-corrected chi connectivity index (χ1v) is 6.55. The Kier molecular flexibility index (Phi) is 3.29. The van der Waals surface area contributed by atoms with Crippen LogP contribution in [-0.2, 0) is 4.74 Å². The van der Waals surface area contributed by atoms with E-state index in [0.717, 1.165) is 25.0 Å². The van der Waals surface area contributed by atoms with Crippen LogP contribution in [0.4, 0.5) is 0 Å². The number of benzene rings is 1. The highest BCUT2D eigenvalue weighted by Crippen LogP contribution is 2.32. The van der Waals surface area contributed by atoms with E-state index in [-0.39, 0.29) is 0 Å². The van der Waals surface area contributed by atoms with Crippen molar-refractivity contribution in [1.82, 2.24) is 0 Å². The lowest BCUT2D eigenvalue weighted by Gasteiger charge is -2.11. The van der Waals surface area contributed by atoms with Crippen LogP contribution in [0.25, 0.3) is 11.0 Å². The van der Waals surface area contributed by atoms with Gasteiger partial charge in [0.05, 0.1) is 5.02 Å². The molecule has 3 nitrogen and oxygen atoms in total. The summed E-state index contributed by atoms with van der Waals surface area (Å²) in [6, 6.07) is 7.46. The Morgan fingerprint density at radius 2 is 2.33 bits per heavy atom. The molecule has 2 aromatic rings. The lowest BCUT2D eigenvalue weighted by molar-refractivity contribution is 0.112. The van der Waals surface area contributed by atoms with E-state index < -0.39 is 6.10 Å². The van der Waals surface area contributed by atoms with Crippen LogP contribution in [0.15, 0.2) is 28.7 Å². The molecule has 0 spiro atoms. The summed E-state index contributed by atoms with van der Waals surface area (Å²) in [5.74, 6) is 1.01. The molecular weight excluding hydrogens is 252 g/mol. The molecule has 4 heteroatoms. The second kappa shape index (κ2) is 4.92. The third kappa shape index (κ3) is 2.26. The van der Waals surface area contributed by atoms with Gasteiger partial charge < -0.3 is 14.3 Å². The minimum Gasteiger partial charge on any atom is -0.457 e. The van der Waals surface area contributed by atoms with Crippen LogP contribution in [0.5, 0.6) is 0 Å². The van der Waals surface area contributed by atoms with Crippen molar-refractivity contribution >= 4 is 22.6 Å². The average molecular weight is 267 g/mol. The minimum atomic E-state index is -0.583. The quantitative estimate of drug-likeness (QED) is 0.924. The number of hydrogen-bond donors (Lipinski definition) is 1. The van der Waals surface area contributed by atoms with Crippen molar-refractivity contribution in [3.8, 4) is 0 Å². The number of aliphatic hydroxyl groups excluding tert-OH is 1. The van der Waals surface area contributed by atoms with Gasteiger partial charge in [-0.25, -0.2) is 0 Å². The molecule has 3 rings (SSSR count). The third-order valence-corrected chi connectivity index (χ3v) is 3.72. The summed E-state index contributed by atoms with van der Waals surface area (Å²) in [5.41, 5.74) is 0.649. The molecule has 0 bridgehead atoms. The zero-order valence-corrected chi connectivity index (χ0v) is 10.7. The van der Waals surface area contributed by atoms with Crippen molar-refractivity contribution < 1.29 is 14.3 Å². The molecule has 2 unspecified atom stereocenters. The largest absolute Gasteiger partial charge is 0.457 e. The van der Waals surface area contributed by atoms with E-state index in [0.29, 0.717) is 28.7 Å². The summed E-state index contributed by atoms with van der Waals surface area (Å²) in [7, 11) is 0. The van der Waals surface area contributed by atoms with Crippen molar-refractivity contribution in [2.45, 2.75) is 18.9 Å².